The molecule has 1 N–H and O–H groups in total. The van der Waals surface area contributed by atoms with Gasteiger partial charge in [-0.3, -0.25) is 4.21 Å². The summed E-state index contributed by atoms with van der Waals surface area (Å²) < 4.78 is 13.3. The molecule has 0 saturated heterocycles. The van der Waals surface area contributed by atoms with Gasteiger partial charge in [-0.25, -0.2) is 0 Å². The van der Waals surface area contributed by atoms with Crippen molar-refractivity contribution in [3.8, 4) is 0 Å². The van der Waals surface area contributed by atoms with Crippen LogP contribution < -0.4 is 5.32 Å². The number of halogens is 1. The van der Waals surface area contributed by atoms with Gasteiger partial charge in [-0.2, -0.15) is 0 Å². The predicted octanol–water partition coefficient (Wildman–Crippen LogP) is 3.39. The molecule has 2 nitrogen and oxygen atoms in total. The Morgan fingerprint density at radius 1 is 1.47 bits per heavy atom. The van der Waals surface area contributed by atoms with E-state index in [4.69, 9.17) is 0 Å². The van der Waals surface area contributed by atoms with E-state index in [2.05, 4.69) is 48.1 Å². The maximum absolute atomic E-state index is 12.3. The quantitative estimate of drug-likeness (QED) is 0.906. The van der Waals surface area contributed by atoms with Crippen LogP contribution in [-0.2, 0) is 10.8 Å². The average Bonchev–Trinajstić information content (AvgIpc) is 2.24. The molecule has 2 rings (SSSR count). The van der Waals surface area contributed by atoms with Gasteiger partial charge in [0.05, 0.1) is 15.7 Å². The van der Waals surface area contributed by atoms with E-state index in [9.17, 15) is 4.21 Å². The molecule has 1 aliphatic rings. The molecule has 1 aromatic carbocycles. The predicted molar refractivity (Wildman–Crippen MR) is 75.6 cm³/mol. The average molecular weight is 316 g/mol. The number of hydrogen-bond donors (Lipinski definition) is 1. The molecule has 0 bridgehead atoms. The van der Waals surface area contributed by atoms with Crippen molar-refractivity contribution in [1.82, 2.24) is 5.32 Å². The zero-order valence-corrected chi connectivity index (χ0v) is 12.8. The van der Waals surface area contributed by atoms with Crippen molar-refractivity contribution in [2.75, 3.05) is 0 Å². The maximum Gasteiger partial charge on any atom is 0.0580 e. The van der Waals surface area contributed by atoms with Crippen molar-refractivity contribution in [3.05, 3.63) is 28.2 Å². The zero-order chi connectivity index (χ0) is 12.6. The Morgan fingerprint density at radius 2 is 2.18 bits per heavy atom. The summed E-state index contributed by atoms with van der Waals surface area (Å²) in [5.74, 6) is 0. The molecule has 0 spiro atoms. The third kappa shape index (κ3) is 2.64. The second-order valence-electron chi connectivity index (χ2n) is 4.88. The minimum Gasteiger partial charge on any atom is -0.308 e. The van der Waals surface area contributed by atoms with Gasteiger partial charge in [0.25, 0.3) is 0 Å². The van der Waals surface area contributed by atoms with Crippen LogP contribution in [0.3, 0.4) is 0 Å². The van der Waals surface area contributed by atoms with Crippen molar-refractivity contribution < 1.29 is 4.21 Å². The summed E-state index contributed by atoms with van der Waals surface area (Å²) in [6.45, 7) is 6.36. The van der Waals surface area contributed by atoms with Gasteiger partial charge in [0.2, 0.25) is 0 Å². The smallest absolute Gasteiger partial charge is 0.0580 e. The topological polar surface area (TPSA) is 29.1 Å². The highest BCUT2D eigenvalue weighted by molar-refractivity contribution is 9.10. The molecular weight excluding hydrogens is 298 g/mol. The Labute approximate surface area is 114 Å². The molecule has 0 saturated carbocycles. The first-order valence-electron chi connectivity index (χ1n) is 5.95. The van der Waals surface area contributed by atoms with Crippen LogP contribution >= 0.6 is 15.9 Å². The summed E-state index contributed by atoms with van der Waals surface area (Å²) >= 11 is 3.52. The third-order valence-corrected chi connectivity index (χ3v) is 5.75. The summed E-state index contributed by atoms with van der Waals surface area (Å²) in [6.07, 6.45) is 0.939. The van der Waals surface area contributed by atoms with E-state index in [-0.39, 0.29) is 5.25 Å². The summed E-state index contributed by atoms with van der Waals surface area (Å²) in [6, 6.07) is 6.83. The molecule has 1 heterocycles. The number of rotatable bonds is 2. The minimum absolute atomic E-state index is 0.206. The Kier molecular flexibility index (Phi) is 4.06. The molecule has 3 atom stereocenters. The molecular formula is C13H18BrNOS. The van der Waals surface area contributed by atoms with Crippen LogP contribution in [0.2, 0.25) is 0 Å². The molecule has 17 heavy (non-hydrogen) atoms. The molecule has 0 aliphatic carbocycles. The number of hydrogen-bond acceptors (Lipinski definition) is 2. The molecule has 3 unspecified atom stereocenters. The number of nitrogens with one attached hydrogen (secondary N) is 1. The van der Waals surface area contributed by atoms with E-state index >= 15 is 0 Å². The van der Waals surface area contributed by atoms with Gasteiger partial charge >= 0.3 is 0 Å². The van der Waals surface area contributed by atoms with E-state index < -0.39 is 10.8 Å². The van der Waals surface area contributed by atoms with Gasteiger partial charge in [-0.15, -0.1) is 0 Å². The highest BCUT2D eigenvalue weighted by Gasteiger charge is 2.31. The van der Waals surface area contributed by atoms with E-state index in [1.54, 1.807) is 0 Å². The Balaban J connectivity index is 2.46. The normalized spacial score (nSPS) is 28.2. The Bertz CT molecular complexity index is 447. The lowest BCUT2D eigenvalue weighted by Gasteiger charge is -2.31. The van der Waals surface area contributed by atoms with Gasteiger partial charge in [-0.05, 0) is 34.0 Å². The highest BCUT2D eigenvalue weighted by Crippen LogP contribution is 2.38. The summed E-state index contributed by atoms with van der Waals surface area (Å²) in [5, 5.41) is 3.77. The van der Waals surface area contributed by atoms with E-state index in [0.29, 0.717) is 12.1 Å². The van der Waals surface area contributed by atoms with E-state index in [1.807, 2.05) is 12.1 Å². The van der Waals surface area contributed by atoms with Crippen LogP contribution in [0.1, 0.15) is 38.8 Å². The number of benzene rings is 1. The monoisotopic (exact) mass is 315 g/mol. The first-order chi connectivity index (χ1) is 8.00. The zero-order valence-electron chi connectivity index (χ0n) is 10.4. The Morgan fingerprint density at radius 3 is 2.82 bits per heavy atom. The van der Waals surface area contributed by atoms with Gasteiger partial charge in [0, 0.05) is 21.8 Å². The fraction of sp³-hybridized carbons (Fsp3) is 0.538. The van der Waals surface area contributed by atoms with Crippen LogP contribution in [0, 0.1) is 0 Å². The van der Waals surface area contributed by atoms with Gasteiger partial charge < -0.3 is 5.32 Å². The highest BCUT2D eigenvalue weighted by atomic mass is 79.9. The lowest BCUT2D eigenvalue weighted by Crippen LogP contribution is -2.35. The second kappa shape index (κ2) is 5.21. The third-order valence-electron chi connectivity index (χ3n) is 3.04. The van der Waals surface area contributed by atoms with Crippen LogP contribution in [0.4, 0.5) is 0 Å². The maximum atomic E-state index is 12.3. The largest absolute Gasteiger partial charge is 0.308 e. The Hall–Kier alpha value is -0.190. The van der Waals surface area contributed by atoms with E-state index in [0.717, 1.165) is 15.8 Å². The van der Waals surface area contributed by atoms with Crippen LogP contribution in [-0.4, -0.2) is 15.5 Å². The summed E-state index contributed by atoms with van der Waals surface area (Å²) in [4.78, 5) is 0.976. The van der Waals surface area contributed by atoms with Crippen molar-refractivity contribution in [2.45, 2.75) is 49.4 Å². The lowest BCUT2D eigenvalue weighted by atomic mass is 10.0. The van der Waals surface area contributed by atoms with Gasteiger partial charge in [0.1, 0.15) is 0 Å². The summed E-state index contributed by atoms with van der Waals surface area (Å²) in [5.41, 5.74) is 1.18. The summed E-state index contributed by atoms with van der Waals surface area (Å²) in [7, 11) is -0.894. The van der Waals surface area contributed by atoms with Gasteiger partial charge in [0.15, 0.2) is 0 Å². The van der Waals surface area contributed by atoms with Crippen molar-refractivity contribution in [1.29, 1.82) is 0 Å². The molecule has 94 valence electrons. The molecule has 4 heteroatoms. The molecule has 0 aromatic heterocycles. The van der Waals surface area contributed by atoms with E-state index in [1.165, 1.54) is 5.56 Å². The van der Waals surface area contributed by atoms with Crippen molar-refractivity contribution in [2.24, 2.45) is 0 Å². The first-order valence-corrected chi connectivity index (χ1v) is 7.96. The number of fused-ring (bicyclic) bond motifs is 1. The van der Waals surface area contributed by atoms with Crippen LogP contribution in [0.15, 0.2) is 27.6 Å². The van der Waals surface area contributed by atoms with Crippen LogP contribution in [0.5, 0.6) is 0 Å². The molecule has 1 aromatic rings. The van der Waals surface area contributed by atoms with Crippen molar-refractivity contribution >= 4 is 26.7 Å². The fourth-order valence-corrected chi connectivity index (χ4v) is 4.65. The van der Waals surface area contributed by atoms with Crippen LogP contribution in [0.25, 0.3) is 0 Å². The van der Waals surface area contributed by atoms with Gasteiger partial charge in [-0.1, -0.05) is 32.9 Å². The second-order valence-corrected chi connectivity index (χ2v) is 7.54. The first kappa shape index (κ1) is 13.2. The molecule has 0 radical (unpaired) electrons. The fourth-order valence-electron chi connectivity index (χ4n) is 2.32. The lowest BCUT2D eigenvalue weighted by molar-refractivity contribution is 0.436. The standard InChI is InChI=1S/C13H18BrNOS/c1-8(2)15-12-7-9(3)17(16)13-10(12)5-4-6-11(13)14/h4-6,8-9,12,15H,7H2,1-3H3. The molecule has 0 fully saturated rings. The SMILES string of the molecule is CC(C)NC1CC(C)S(=O)c2c(Br)cccc21. The minimum atomic E-state index is -0.894. The van der Waals surface area contributed by atoms with Crippen molar-refractivity contribution in [3.63, 3.8) is 0 Å². The molecule has 0 amide bonds. The molecule has 1 aliphatic heterocycles.